The average molecular weight is 408 g/mol. The summed E-state index contributed by atoms with van der Waals surface area (Å²) in [7, 11) is -3.71. The summed E-state index contributed by atoms with van der Waals surface area (Å²) in [5, 5.41) is 2.58. The minimum Gasteiger partial charge on any atom is -0.453 e. The molecule has 0 fully saturated rings. The molecule has 0 unspecified atom stereocenters. The van der Waals surface area contributed by atoms with Crippen molar-refractivity contribution in [2.24, 2.45) is 0 Å². The van der Waals surface area contributed by atoms with E-state index in [0.717, 1.165) is 0 Å². The van der Waals surface area contributed by atoms with E-state index < -0.39 is 28.0 Å². The predicted octanol–water partition coefficient (Wildman–Crippen LogP) is 1.74. The van der Waals surface area contributed by atoms with Gasteiger partial charge in [0.25, 0.3) is 5.91 Å². The van der Waals surface area contributed by atoms with Gasteiger partial charge in [-0.2, -0.15) is 0 Å². The van der Waals surface area contributed by atoms with E-state index >= 15 is 0 Å². The Bertz CT molecular complexity index is 902. The largest absolute Gasteiger partial charge is 0.453 e. The SMILES string of the molecule is C[C@H](OC(=O)CCNS(=O)(=O)c1ccccc1)C(=O)NCc1ccc(F)cc1. The monoisotopic (exact) mass is 408 g/mol. The van der Waals surface area contributed by atoms with Crippen LogP contribution in [0.5, 0.6) is 0 Å². The number of carbonyl (C=O) groups excluding carboxylic acids is 2. The van der Waals surface area contributed by atoms with E-state index in [4.69, 9.17) is 4.74 Å². The van der Waals surface area contributed by atoms with Crippen LogP contribution in [0.15, 0.2) is 59.5 Å². The van der Waals surface area contributed by atoms with Crippen molar-refractivity contribution in [1.82, 2.24) is 10.0 Å². The Labute approximate surface area is 163 Å². The van der Waals surface area contributed by atoms with Crippen LogP contribution in [-0.4, -0.2) is 32.9 Å². The molecular weight excluding hydrogens is 387 g/mol. The fourth-order valence-corrected chi connectivity index (χ4v) is 3.27. The first kappa shape index (κ1) is 21.5. The van der Waals surface area contributed by atoms with E-state index in [9.17, 15) is 22.4 Å². The molecule has 1 amide bonds. The van der Waals surface area contributed by atoms with Gasteiger partial charge in [-0.1, -0.05) is 30.3 Å². The summed E-state index contributed by atoms with van der Waals surface area (Å²) in [4.78, 5) is 23.9. The molecule has 28 heavy (non-hydrogen) atoms. The van der Waals surface area contributed by atoms with Crippen molar-refractivity contribution in [2.75, 3.05) is 6.54 Å². The van der Waals surface area contributed by atoms with Gasteiger partial charge < -0.3 is 10.1 Å². The summed E-state index contributed by atoms with van der Waals surface area (Å²) < 4.78 is 44.2. The van der Waals surface area contributed by atoms with Crippen LogP contribution in [0.3, 0.4) is 0 Å². The first-order valence-electron chi connectivity index (χ1n) is 8.54. The zero-order chi connectivity index (χ0) is 20.6. The van der Waals surface area contributed by atoms with Crippen LogP contribution < -0.4 is 10.0 Å². The molecule has 0 aliphatic rings. The zero-order valence-electron chi connectivity index (χ0n) is 15.2. The first-order valence-corrected chi connectivity index (χ1v) is 10.0. The number of benzene rings is 2. The minimum absolute atomic E-state index is 0.0944. The lowest BCUT2D eigenvalue weighted by molar-refractivity contribution is -0.154. The van der Waals surface area contributed by atoms with Crippen molar-refractivity contribution >= 4 is 21.9 Å². The van der Waals surface area contributed by atoms with Gasteiger partial charge in [0.1, 0.15) is 5.82 Å². The Kier molecular flexibility index (Phi) is 7.65. The van der Waals surface area contributed by atoms with Crippen LogP contribution in [0.25, 0.3) is 0 Å². The van der Waals surface area contributed by atoms with Crippen LogP contribution in [0.4, 0.5) is 4.39 Å². The number of amides is 1. The molecule has 0 radical (unpaired) electrons. The Morgan fingerprint density at radius 2 is 1.71 bits per heavy atom. The maximum Gasteiger partial charge on any atom is 0.307 e. The summed E-state index contributed by atoms with van der Waals surface area (Å²) in [6, 6.07) is 13.4. The highest BCUT2D eigenvalue weighted by molar-refractivity contribution is 7.89. The highest BCUT2D eigenvalue weighted by Crippen LogP contribution is 2.07. The molecule has 9 heteroatoms. The molecule has 0 saturated heterocycles. The third kappa shape index (κ3) is 6.75. The summed E-state index contributed by atoms with van der Waals surface area (Å²) in [5.74, 6) is -1.59. The molecule has 0 aliphatic carbocycles. The van der Waals surface area contributed by atoms with Crippen molar-refractivity contribution in [3.05, 3.63) is 66.0 Å². The van der Waals surface area contributed by atoms with Crippen LogP contribution in [0.1, 0.15) is 18.9 Å². The van der Waals surface area contributed by atoms with Crippen LogP contribution in [-0.2, 0) is 30.9 Å². The number of esters is 1. The summed E-state index contributed by atoms with van der Waals surface area (Å²) in [5.41, 5.74) is 0.698. The van der Waals surface area contributed by atoms with Gasteiger partial charge in [-0.15, -0.1) is 0 Å². The van der Waals surface area contributed by atoms with Gasteiger partial charge in [0.05, 0.1) is 11.3 Å². The van der Waals surface area contributed by atoms with E-state index in [0.29, 0.717) is 5.56 Å². The molecular formula is C19H21FN2O5S. The Morgan fingerprint density at radius 3 is 2.36 bits per heavy atom. The number of ether oxygens (including phenoxy) is 1. The molecule has 7 nitrogen and oxygen atoms in total. The maximum absolute atomic E-state index is 12.8. The summed E-state index contributed by atoms with van der Waals surface area (Å²) in [6.07, 6.45) is -1.26. The van der Waals surface area contributed by atoms with E-state index in [1.165, 1.54) is 43.3 Å². The smallest absolute Gasteiger partial charge is 0.307 e. The average Bonchev–Trinajstić information content (AvgIpc) is 2.67. The van der Waals surface area contributed by atoms with Crippen LogP contribution in [0.2, 0.25) is 0 Å². The van der Waals surface area contributed by atoms with Gasteiger partial charge in [0.15, 0.2) is 6.10 Å². The van der Waals surface area contributed by atoms with Gasteiger partial charge in [-0.05, 0) is 36.8 Å². The number of halogens is 1. The molecule has 0 heterocycles. The molecule has 2 aromatic carbocycles. The zero-order valence-corrected chi connectivity index (χ0v) is 16.0. The fraction of sp³-hybridized carbons (Fsp3) is 0.263. The third-order valence-corrected chi connectivity index (χ3v) is 5.21. The van der Waals surface area contributed by atoms with Crippen molar-refractivity contribution in [3.8, 4) is 0 Å². The highest BCUT2D eigenvalue weighted by Gasteiger charge is 2.18. The number of hydrogen-bond acceptors (Lipinski definition) is 5. The second-order valence-corrected chi connectivity index (χ2v) is 7.70. The molecule has 0 aromatic heterocycles. The fourth-order valence-electron chi connectivity index (χ4n) is 2.22. The Balaban J connectivity index is 1.72. The second kappa shape index (κ2) is 9.95. The normalized spacial score (nSPS) is 12.2. The standard InChI is InChI=1S/C19H21FN2O5S/c1-14(19(24)21-13-15-7-9-16(20)10-8-15)27-18(23)11-12-22-28(25,26)17-5-3-2-4-6-17/h2-10,14,22H,11-13H2,1H3,(H,21,24)/t14-/m0/s1. The lowest BCUT2D eigenvalue weighted by Gasteiger charge is -2.14. The minimum atomic E-state index is -3.71. The molecule has 0 spiro atoms. The third-order valence-electron chi connectivity index (χ3n) is 3.73. The summed E-state index contributed by atoms with van der Waals surface area (Å²) in [6.45, 7) is 1.42. The molecule has 0 aliphatic heterocycles. The molecule has 2 N–H and O–H groups in total. The molecule has 150 valence electrons. The Morgan fingerprint density at radius 1 is 1.07 bits per heavy atom. The molecule has 0 bridgehead atoms. The first-order chi connectivity index (χ1) is 13.3. The van der Waals surface area contributed by atoms with Gasteiger partial charge in [-0.25, -0.2) is 17.5 Å². The van der Waals surface area contributed by atoms with Crippen LogP contribution in [0, 0.1) is 5.82 Å². The molecule has 2 aromatic rings. The summed E-state index contributed by atoms with van der Waals surface area (Å²) >= 11 is 0. The number of nitrogens with one attached hydrogen (secondary N) is 2. The second-order valence-electron chi connectivity index (χ2n) is 5.94. The van der Waals surface area contributed by atoms with Crippen molar-refractivity contribution in [2.45, 2.75) is 30.9 Å². The van der Waals surface area contributed by atoms with Gasteiger partial charge >= 0.3 is 5.97 Å². The van der Waals surface area contributed by atoms with Gasteiger partial charge in [0, 0.05) is 13.1 Å². The van der Waals surface area contributed by atoms with Crippen molar-refractivity contribution in [3.63, 3.8) is 0 Å². The van der Waals surface area contributed by atoms with E-state index in [1.807, 2.05) is 0 Å². The Hall–Kier alpha value is -2.78. The number of sulfonamides is 1. The van der Waals surface area contributed by atoms with Crippen LogP contribution >= 0.6 is 0 Å². The van der Waals surface area contributed by atoms with Gasteiger partial charge in [0.2, 0.25) is 10.0 Å². The van der Waals surface area contributed by atoms with E-state index in [2.05, 4.69) is 10.0 Å². The molecule has 0 saturated carbocycles. The highest BCUT2D eigenvalue weighted by atomic mass is 32.2. The molecule has 2 rings (SSSR count). The van der Waals surface area contributed by atoms with Crippen molar-refractivity contribution < 1.29 is 27.1 Å². The quantitative estimate of drug-likeness (QED) is 0.616. The number of hydrogen-bond donors (Lipinski definition) is 2. The number of rotatable bonds is 9. The van der Waals surface area contributed by atoms with E-state index in [-0.39, 0.29) is 30.2 Å². The lowest BCUT2D eigenvalue weighted by atomic mass is 10.2. The maximum atomic E-state index is 12.8. The molecule has 1 atom stereocenters. The van der Waals surface area contributed by atoms with Crippen molar-refractivity contribution in [1.29, 1.82) is 0 Å². The van der Waals surface area contributed by atoms with E-state index in [1.54, 1.807) is 18.2 Å². The predicted molar refractivity (Wildman–Crippen MR) is 100 cm³/mol. The van der Waals surface area contributed by atoms with Gasteiger partial charge in [-0.3, -0.25) is 9.59 Å². The number of carbonyl (C=O) groups is 2. The lowest BCUT2D eigenvalue weighted by Crippen LogP contribution is -2.36. The topological polar surface area (TPSA) is 102 Å².